The number of carboxylic acids is 2. The van der Waals surface area contributed by atoms with Gasteiger partial charge in [0.05, 0.1) is 18.5 Å². The van der Waals surface area contributed by atoms with Crippen LogP contribution in [0.2, 0.25) is 0 Å². The summed E-state index contributed by atoms with van der Waals surface area (Å²) >= 11 is 0. The van der Waals surface area contributed by atoms with E-state index in [1.807, 2.05) is 12.1 Å². The molecule has 0 atom stereocenters. The molecule has 0 radical (unpaired) electrons. The van der Waals surface area contributed by atoms with Crippen LogP contribution >= 0.6 is 0 Å². The highest BCUT2D eigenvalue weighted by molar-refractivity contribution is 6.27. The maximum absolute atomic E-state index is 9.10. The first-order valence-electron chi connectivity index (χ1n) is 10.8. The van der Waals surface area contributed by atoms with Crippen molar-refractivity contribution >= 4 is 22.7 Å². The number of fused-ring (bicyclic) bond motifs is 1. The molecule has 0 saturated carbocycles. The van der Waals surface area contributed by atoms with Crippen molar-refractivity contribution in [3.63, 3.8) is 0 Å². The standard InChI is InChI=1S/C23H27N3O.C2H2O4/c1-3-25-12-14-26(15-13-25)17-23-21-7-5-4-6-19(21)16-22(24-23)18-8-10-20(27-2)11-9-18;3-1(4)2(5)6/h4-11,16H,3,12-15,17H2,1-2H3;(H,3,4)(H,5,6). The van der Waals surface area contributed by atoms with Crippen LogP contribution < -0.4 is 4.74 Å². The fraction of sp³-hybridized carbons (Fsp3) is 0.320. The summed E-state index contributed by atoms with van der Waals surface area (Å²) in [6, 6.07) is 18.9. The van der Waals surface area contributed by atoms with Crippen molar-refractivity contribution in [2.45, 2.75) is 13.5 Å². The molecule has 0 unspecified atom stereocenters. The zero-order chi connectivity index (χ0) is 23.8. The minimum absolute atomic E-state index is 0.869. The number of aliphatic carboxylic acids is 2. The van der Waals surface area contributed by atoms with Gasteiger partial charge < -0.3 is 19.8 Å². The van der Waals surface area contributed by atoms with E-state index in [2.05, 4.69) is 59.2 Å². The molecule has 1 fully saturated rings. The first kappa shape index (κ1) is 24.2. The third-order valence-electron chi connectivity index (χ3n) is 5.67. The number of carboxylic acid groups (broad SMARTS) is 2. The van der Waals surface area contributed by atoms with Gasteiger partial charge in [-0.1, -0.05) is 31.2 Å². The molecule has 1 aliphatic heterocycles. The van der Waals surface area contributed by atoms with E-state index in [1.54, 1.807) is 7.11 Å². The molecule has 0 spiro atoms. The van der Waals surface area contributed by atoms with Gasteiger partial charge in [-0.25, -0.2) is 9.59 Å². The van der Waals surface area contributed by atoms with Crippen molar-refractivity contribution in [3.8, 4) is 17.0 Å². The second kappa shape index (κ2) is 11.4. The minimum Gasteiger partial charge on any atom is -0.497 e. The number of nitrogens with zero attached hydrogens (tertiary/aromatic N) is 3. The molecule has 1 aromatic heterocycles. The Labute approximate surface area is 193 Å². The number of hydrogen-bond acceptors (Lipinski definition) is 6. The number of aromatic nitrogens is 1. The van der Waals surface area contributed by atoms with E-state index in [0.717, 1.165) is 56.3 Å². The Kier molecular flexibility index (Phi) is 8.34. The summed E-state index contributed by atoms with van der Waals surface area (Å²) in [7, 11) is 1.69. The summed E-state index contributed by atoms with van der Waals surface area (Å²) in [6.45, 7) is 8.79. The number of piperazine rings is 1. The largest absolute Gasteiger partial charge is 0.497 e. The lowest BCUT2D eigenvalue weighted by atomic mass is 10.0. The van der Waals surface area contributed by atoms with E-state index in [-0.39, 0.29) is 0 Å². The van der Waals surface area contributed by atoms with Crippen molar-refractivity contribution in [2.75, 3.05) is 39.8 Å². The molecule has 1 aliphatic rings. The Morgan fingerprint density at radius 2 is 1.55 bits per heavy atom. The van der Waals surface area contributed by atoms with Gasteiger partial charge in [-0.2, -0.15) is 0 Å². The third-order valence-corrected chi connectivity index (χ3v) is 5.67. The Morgan fingerprint density at radius 1 is 0.939 bits per heavy atom. The molecule has 8 heteroatoms. The number of benzene rings is 2. The Balaban J connectivity index is 0.000000454. The molecule has 1 saturated heterocycles. The van der Waals surface area contributed by atoms with Crippen molar-refractivity contribution in [2.24, 2.45) is 0 Å². The van der Waals surface area contributed by atoms with Crippen molar-refractivity contribution in [3.05, 3.63) is 60.3 Å². The quantitative estimate of drug-likeness (QED) is 0.570. The highest BCUT2D eigenvalue weighted by atomic mass is 16.5. The lowest BCUT2D eigenvalue weighted by molar-refractivity contribution is -0.159. The van der Waals surface area contributed by atoms with E-state index >= 15 is 0 Å². The molecule has 0 bridgehead atoms. The van der Waals surface area contributed by atoms with E-state index in [0.29, 0.717) is 0 Å². The van der Waals surface area contributed by atoms with E-state index in [4.69, 9.17) is 29.5 Å². The van der Waals surface area contributed by atoms with Crippen LogP contribution in [0.15, 0.2) is 54.6 Å². The zero-order valence-electron chi connectivity index (χ0n) is 18.9. The molecule has 3 aromatic rings. The monoisotopic (exact) mass is 451 g/mol. The predicted octanol–water partition coefficient (Wildman–Crippen LogP) is 3.20. The maximum atomic E-state index is 9.10. The summed E-state index contributed by atoms with van der Waals surface area (Å²) in [5, 5.41) is 17.3. The molecule has 0 amide bonds. The van der Waals surface area contributed by atoms with Crippen LogP contribution in [0.25, 0.3) is 22.0 Å². The molecule has 2 N–H and O–H groups in total. The van der Waals surface area contributed by atoms with Gasteiger partial charge in [-0.3, -0.25) is 9.88 Å². The number of pyridine rings is 1. The summed E-state index contributed by atoms with van der Waals surface area (Å²) in [6.07, 6.45) is 0. The maximum Gasteiger partial charge on any atom is 0.414 e. The van der Waals surface area contributed by atoms with Crippen molar-refractivity contribution in [1.29, 1.82) is 0 Å². The number of carbonyl (C=O) groups is 2. The Morgan fingerprint density at radius 3 is 2.12 bits per heavy atom. The topological polar surface area (TPSA) is 103 Å². The van der Waals surface area contributed by atoms with Crippen LogP contribution in [-0.4, -0.2) is 76.8 Å². The molecule has 0 aliphatic carbocycles. The average Bonchev–Trinajstić information content (AvgIpc) is 2.85. The minimum atomic E-state index is -1.82. The van der Waals surface area contributed by atoms with Crippen molar-refractivity contribution < 1.29 is 24.5 Å². The SMILES string of the molecule is CCN1CCN(Cc2nc(-c3ccc(OC)cc3)cc3ccccc23)CC1.O=C(O)C(=O)O. The number of hydrogen-bond donors (Lipinski definition) is 2. The zero-order valence-corrected chi connectivity index (χ0v) is 18.9. The predicted molar refractivity (Wildman–Crippen MR) is 126 cm³/mol. The van der Waals surface area contributed by atoms with E-state index < -0.39 is 11.9 Å². The lowest BCUT2D eigenvalue weighted by Crippen LogP contribution is -2.45. The van der Waals surface area contributed by atoms with E-state index in [1.165, 1.54) is 16.5 Å². The van der Waals surface area contributed by atoms with Crippen LogP contribution in [0, 0.1) is 0 Å². The van der Waals surface area contributed by atoms with Crippen LogP contribution in [-0.2, 0) is 16.1 Å². The van der Waals surface area contributed by atoms with Gasteiger partial charge in [0.25, 0.3) is 0 Å². The fourth-order valence-electron chi connectivity index (χ4n) is 3.78. The summed E-state index contributed by atoms with van der Waals surface area (Å²) in [5.41, 5.74) is 3.32. The molecule has 33 heavy (non-hydrogen) atoms. The average molecular weight is 452 g/mol. The Bertz CT molecular complexity index is 1080. The molecule has 8 nitrogen and oxygen atoms in total. The van der Waals surface area contributed by atoms with Gasteiger partial charge in [0, 0.05) is 43.7 Å². The highest BCUT2D eigenvalue weighted by Crippen LogP contribution is 2.27. The number of rotatable bonds is 5. The van der Waals surface area contributed by atoms with Gasteiger partial charge in [-0.15, -0.1) is 0 Å². The van der Waals surface area contributed by atoms with Gasteiger partial charge in [0.15, 0.2) is 0 Å². The lowest BCUT2D eigenvalue weighted by Gasteiger charge is -2.34. The highest BCUT2D eigenvalue weighted by Gasteiger charge is 2.17. The molecular formula is C25H29N3O5. The molecular weight excluding hydrogens is 422 g/mol. The second-order valence-electron chi connectivity index (χ2n) is 7.72. The molecule has 2 heterocycles. The molecule has 4 rings (SSSR count). The second-order valence-corrected chi connectivity index (χ2v) is 7.72. The normalized spacial score (nSPS) is 14.4. The first-order chi connectivity index (χ1) is 15.9. The van der Waals surface area contributed by atoms with Gasteiger partial charge >= 0.3 is 11.9 Å². The summed E-state index contributed by atoms with van der Waals surface area (Å²) in [4.78, 5) is 28.3. The van der Waals surface area contributed by atoms with Crippen LogP contribution in [0.5, 0.6) is 5.75 Å². The van der Waals surface area contributed by atoms with Gasteiger partial charge in [-0.05, 0) is 42.3 Å². The number of ether oxygens (including phenoxy) is 1. The van der Waals surface area contributed by atoms with Crippen LogP contribution in [0.3, 0.4) is 0 Å². The van der Waals surface area contributed by atoms with Gasteiger partial charge in [0.2, 0.25) is 0 Å². The van der Waals surface area contributed by atoms with Crippen LogP contribution in [0.1, 0.15) is 12.6 Å². The number of methoxy groups -OCH3 is 1. The summed E-state index contributed by atoms with van der Waals surface area (Å²) in [5.74, 6) is -2.78. The van der Waals surface area contributed by atoms with Crippen LogP contribution in [0.4, 0.5) is 0 Å². The van der Waals surface area contributed by atoms with Gasteiger partial charge in [0.1, 0.15) is 5.75 Å². The van der Waals surface area contributed by atoms with Crippen molar-refractivity contribution in [1.82, 2.24) is 14.8 Å². The molecule has 2 aromatic carbocycles. The smallest absolute Gasteiger partial charge is 0.414 e. The number of likely N-dealkylation sites (N-methyl/N-ethyl adjacent to an activating group) is 1. The first-order valence-corrected chi connectivity index (χ1v) is 10.8. The third kappa shape index (κ3) is 6.50. The Hall–Kier alpha value is -3.49. The summed E-state index contributed by atoms with van der Waals surface area (Å²) < 4.78 is 5.29. The fourth-order valence-corrected chi connectivity index (χ4v) is 3.78. The molecule has 174 valence electrons. The van der Waals surface area contributed by atoms with E-state index in [9.17, 15) is 0 Å².